The van der Waals surface area contributed by atoms with Crippen molar-refractivity contribution in [2.75, 3.05) is 20.8 Å². The molecule has 0 unspecified atom stereocenters. The minimum Gasteiger partial charge on any atom is -0.493 e. The number of methoxy groups -OCH3 is 2. The largest absolute Gasteiger partial charge is 0.493 e. The van der Waals surface area contributed by atoms with E-state index in [2.05, 4.69) is 0 Å². The number of benzene rings is 2. The normalized spacial score (nSPS) is 11.4. The summed E-state index contributed by atoms with van der Waals surface area (Å²) in [6.07, 6.45) is 0. The zero-order chi connectivity index (χ0) is 20.2. The van der Waals surface area contributed by atoms with Crippen molar-refractivity contribution < 1.29 is 22.8 Å². The van der Waals surface area contributed by atoms with Gasteiger partial charge in [-0.1, -0.05) is 24.6 Å². The molecule has 27 heavy (non-hydrogen) atoms. The van der Waals surface area contributed by atoms with Crippen molar-refractivity contribution in [3.05, 3.63) is 57.1 Å². The van der Waals surface area contributed by atoms with Crippen LogP contribution in [0.4, 0.5) is 5.69 Å². The quantitative estimate of drug-likeness (QED) is 0.484. The summed E-state index contributed by atoms with van der Waals surface area (Å²) >= 11 is 5.77. The lowest BCUT2D eigenvalue weighted by Gasteiger charge is -2.21. The molecule has 0 saturated heterocycles. The van der Waals surface area contributed by atoms with Crippen LogP contribution in [0.3, 0.4) is 0 Å². The van der Waals surface area contributed by atoms with Crippen LogP contribution in [-0.4, -0.2) is 38.4 Å². The first kappa shape index (κ1) is 20.9. The number of nitro groups is 1. The van der Waals surface area contributed by atoms with Crippen molar-refractivity contribution in [2.24, 2.45) is 0 Å². The standard InChI is InChI=1S/C17H19ClN2O6S/c1-4-19(11-12-5-8-16(25-2)17(9-12)26-3)27(23,24)13-6-7-14(18)15(10-13)20(21)22/h5-10H,4,11H2,1-3H3. The Bertz CT molecular complexity index is 948. The molecule has 10 heteroatoms. The first-order valence-corrected chi connectivity index (χ1v) is 9.71. The Morgan fingerprint density at radius 1 is 1.11 bits per heavy atom. The molecular weight excluding hydrogens is 396 g/mol. The number of halogens is 1. The number of rotatable bonds is 8. The predicted octanol–water partition coefficient (Wildman–Crippen LogP) is 3.48. The number of nitrogens with zero attached hydrogens (tertiary/aromatic N) is 2. The van der Waals surface area contributed by atoms with Gasteiger partial charge in [0.1, 0.15) is 5.02 Å². The molecule has 0 atom stereocenters. The molecule has 2 rings (SSSR count). The molecule has 0 heterocycles. The third-order valence-corrected chi connectivity index (χ3v) is 6.15. The Kier molecular flexibility index (Phi) is 6.63. The topological polar surface area (TPSA) is 99.0 Å². The molecule has 0 bridgehead atoms. The second-order valence-corrected chi connectivity index (χ2v) is 7.84. The number of hydrogen-bond acceptors (Lipinski definition) is 6. The lowest BCUT2D eigenvalue weighted by atomic mass is 10.2. The molecule has 0 aliphatic carbocycles. The van der Waals surface area contributed by atoms with Crippen molar-refractivity contribution >= 4 is 27.3 Å². The van der Waals surface area contributed by atoms with Crippen LogP contribution in [0.2, 0.25) is 5.02 Å². The van der Waals surface area contributed by atoms with Crippen LogP contribution in [0.15, 0.2) is 41.3 Å². The summed E-state index contributed by atoms with van der Waals surface area (Å²) in [6, 6.07) is 8.51. The lowest BCUT2D eigenvalue weighted by Crippen LogP contribution is -2.30. The second kappa shape index (κ2) is 8.55. The first-order chi connectivity index (χ1) is 12.7. The Hall–Kier alpha value is -2.36. The highest BCUT2D eigenvalue weighted by atomic mass is 35.5. The predicted molar refractivity (Wildman–Crippen MR) is 101 cm³/mol. The van der Waals surface area contributed by atoms with Crippen molar-refractivity contribution in [3.8, 4) is 11.5 Å². The molecule has 0 radical (unpaired) electrons. The molecule has 0 saturated carbocycles. The molecule has 0 N–H and O–H groups in total. The minimum absolute atomic E-state index is 0.0651. The number of nitro benzene ring substituents is 1. The fraction of sp³-hybridized carbons (Fsp3) is 0.294. The summed E-state index contributed by atoms with van der Waals surface area (Å²) in [5.74, 6) is 1.01. The zero-order valence-corrected chi connectivity index (χ0v) is 16.6. The van der Waals surface area contributed by atoms with E-state index in [-0.39, 0.29) is 23.0 Å². The van der Waals surface area contributed by atoms with Crippen molar-refractivity contribution in [2.45, 2.75) is 18.4 Å². The highest BCUT2D eigenvalue weighted by molar-refractivity contribution is 7.89. The van der Waals surface area contributed by atoms with E-state index in [1.165, 1.54) is 30.7 Å². The van der Waals surface area contributed by atoms with Gasteiger partial charge in [-0.25, -0.2) is 8.42 Å². The summed E-state index contributed by atoms with van der Waals surface area (Å²) in [5, 5.41) is 10.9. The summed E-state index contributed by atoms with van der Waals surface area (Å²) in [7, 11) is -0.963. The van der Waals surface area contributed by atoms with Crippen LogP contribution >= 0.6 is 11.6 Å². The molecule has 0 amide bonds. The maximum atomic E-state index is 12.9. The van der Waals surface area contributed by atoms with Crippen molar-refractivity contribution in [1.82, 2.24) is 4.31 Å². The average molecular weight is 415 g/mol. The summed E-state index contributed by atoms with van der Waals surface area (Å²) < 4.78 is 37.5. The third kappa shape index (κ3) is 4.49. The van der Waals surface area contributed by atoms with Gasteiger partial charge >= 0.3 is 0 Å². The minimum atomic E-state index is -3.96. The molecule has 2 aromatic carbocycles. The summed E-state index contributed by atoms with van der Waals surface area (Å²) in [4.78, 5) is 10.1. The molecule has 146 valence electrons. The molecular formula is C17H19ClN2O6S. The molecule has 0 aromatic heterocycles. The number of hydrogen-bond donors (Lipinski definition) is 0. The van der Waals surface area contributed by atoms with Gasteiger partial charge in [0.15, 0.2) is 11.5 Å². The van der Waals surface area contributed by atoms with Gasteiger partial charge in [-0.15, -0.1) is 0 Å². The Labute approximate surface area is 162 Å². The van der Waals surface area contributed by atoms with Gasteiger partial charge in [0.25, 0.3) is 5.69 Å². The van der Waals surface area contributed by atoms with Crippen LogP contribution in [0.25, 0.3) is 0 Å². The Morgan fingerprint density at radius 2 is 1.78 bits per heavy atom. The van der Waals surface area contributed by atoms with E-state index in [1.54, 1.807) is 25.1 Å². The van der Waals surface area contributed by atoms with E-state index in [0.717, 1.165) is 6.07 Å². The van der Waals surface area contributed by atoms with E-state index in [1.807, 2.05) is 0 Å². The summed E-state index contributed by atoms with van der Waals surface area (Å²) in [6.45, 7) is 1.92. The molecule has 2 aromatic rings. The molecule has 8 nitrogen and oxygen atoms in total. The van der Waals surface area contributed by atoms with Gasteiger partial charge in [-0.3, -0.25) is 10.1 Å². The Balaban J connectivity index is 2.39. The fourth-order valence-electron chi connectivity index (χ4n) is 2.49. The van der Waals surface area contributed by atoms with Crippen molar-refractivity contribution in [3.63, 3.8) is 0 Å². The smallest absolute Gasteiger partial charge is 0.289 e. The van der Waals surface area contributed by atoms with Crippen LogP contribution < -0.4 is 9.47 Å². The van der Waals surface area contributed by atoms with Crippen LogP contribution in [-0.2, 0) is 16.6 Å². The maximum absolute atomic E-state index is 12.9. The van der Waals surface area contributed by atoms with Crippen LogP contribution in [0.5, 0.6) is 11.5 Å². The van der Waals surface area contributed by atoms with Gasteiger partial charge in [0.05, 0.1) is 24.0 Å². The molecule has 0 aliphatic rings. The lowest BCUT2D eigenvalue weighted by molar-refractivity contribution is -0.384. The zero-order valence-electron chi connectivity index (χ0n) is 15.0. The molecule has 0 spiro atoms. The number of ether oxygens (including phenoxy) is 2. The monoisotopic (exact) mass is 414 g/mol. The molecule has 0 aliphatic heterocycles. The van der Waals surface area contributed by atoms with Crippen LogP contribution in [0.1, 0.15) is 12.5 Å². The fourth-order valence-corrected chi connectivity index (χ4v) is 4.14. The van der Waals surface area contributed by atoms with E-state index in [4.69, 9.17) is 21.1 Å². The van der Waals surface area contributed by atoms with Crippen LogP contribution in [0, 0.1) is 10.1 Å². The van der Waals surface area contributed by atoms with E-state index in [9.17, 15) is 18.5 Å². The average Bonchev–Trinajstić information content (AvgIpc) is 2.65. The van der Waals surface area contributed by atoms with Gasteiger partial charge < -0.3 is 9.47 Å². The van der Waals surface area contributed by atoms with Gasteiger partial charge in [-0.05, 0) is 29.8 Å². The van der Waals surface area contributed by atoms with E-state index in [0.29, 0.717) is 17.1 Å². The van der Waals surface area contributed by atoms with E-state index < -0.39 is 20.6 Å². The first-order valence-electron chi connectivity index (χ1n) is 7.89. The van der Waals surface area contributed by atoms with Crippen molar-refractivity contribution in [1.29, 1.82) is 0 Å². The SMILES string of the molecule is CCN(Cc1ccc(OC)c(OC)c1)S(=O)(=O)c1ccc(Cl)c([N+](=O)[O-])c1. The highest BCUT2D eigenvalue weighted by Crippen LogP contribution is 2.31. The van der Waals surface area contributed by atoms with E-state index >= 15 is 0 Å². The number of sulfonamides is 1. The summed E-state index contributed by atoms with van der Waals surface area (Å²) in [5.41, 5.74) is 0.224. The van der Waals surface area contributed by atoms with Gasteiger partial charge in [-0.2, -0.15) is 4.31 Å². The second-order valence-electron chi connectivity index (χ2n) is 5.49. The Morgan fingerprint density at radius 3 is 2.33 bits per heavy atom. The van der Waals surface area contributed by atoms with Gasteiger partial charge in [0.2, 0.25) is 10.0 Å². The van der Waals surface area contributed by atoms with Gasteiger partial charge in [0, 0.05) is 19.2 Å². The highest BCUT2D eigenvalue weighted by Gasteiger charge is 2.26. The maximum Gasteiger partial charge on any atom is 0.289 e. The third-order valence-electron chi connectivity index (χ3n) is 3.91. The molecule has 0 fully saturated rings.